The van der Waals surface area contributed by atoms with Gasteiger partial charge in [0, 0.05) is 18.8 Å². The van der Waals surface area contributed by atoms with Crippen molar-refractivity contribution in [3.63, 3.8) is 0 Å². The molecule has 0 radical (unpaired) electrons. The maximum atomic E-state index is 14.1. The zero-order chi connectivity index (χ0) is 28.3. The molecule has 9 nitrogen and oxygen atoms in total. The van der Waals surface area contributed by atoms with E-state index in [1.54, 1.807) is 6.92 Å². The molecule has 2 aromatic rings. The Kier molecular flexibility index (Phi) is 7.92. The lowest BCUT2D eigenvalue weighted by Gasteiger charge is -2.43. The quantitative estimate of drug-likeness (QED) is 0.512. The summed E-state index contributed by atoms with van der Waals surface area (Å²) in [5, 5.41) is 9.23. The number of carbonyl (C=O) groups is 3. The smallest absolute Gasteiger partial charge is 0.416 e. The van der Waals surface area contributed by atoms with Crippen LogP contribution in [0.5, 0.6) is 0 Å². The molecule has 1 unspecified atom stereocenters. The van der Waals surface area contributed by atoms with Gasteiger partial charge in [0.2, 0.25) is 0 Å². The molecule has 0 N–H and O–H groups in total. The normalized spacial score (nSPS) is 18.2. The van der Waals surface area contributed by atoms with E-state index in [9.17, 15) is 32.8 Å². The molecular formula is C27H25F3N4O5. The summed E-state index contributed by atoms with van der Waals surface area (Å²) >= 11 is 0. The third-order valence-corrected chi connectivity index (χ3v) is 6.42. The summed E-state index contributed by atoms with van der Waals surface area (Å²) in [5.74, 6) is -0.839. The Hall–Kier alpha value is -4.37. The molecule has 39 heavy (non-hydrogen) atoms. The topological polar surface area (TPSA) is 103 Å². The van der Waals surface area contributed by atoms with Gasteiger partial charge in [0.15, 0.2) is 0 Å². The van der Waals surface area contributed by atoms with Crippen molar-refractivity contribution < 1.29 is 37.0 Å². The number of benzene rings is 2. The molecule has 0 aromatic heterocycles. The molecule has 0 bridgehead atoms. The van der Waals surface area contributed by atoms with Crippen molar-refractivity contribution in [2.24, 2.45) is 0 Å². The highest BCUT2D eigenvalue weighted by Gasteiger charge is 2.47. The molecule has 2 aromatic carbocycles. The summed E-state index contributed by atoms with van der Waals surface area (Å²) in [6, 6.07) is 9.11. The first kappa shape index (κ1) is 27.7. The van der Waals surface area contributed by atoms with Gasteiger partial charge in [-0.3, -0.25) is 4.90 Å². The van der Waals surface area contributed by atoms with Crippen LogP contribution in [0, 0.1) is 11.3 Å². The molecule has 4 rings (SSSR count). The number of allylic oxidation sites excluding steroid dienone is 1. The van der Waals surface area contributed by atoms with Crippen molar-refractivity contribution in [3.05, 3.63) is 76.5 Å². The first-order chi connectivity index (χ1) is 18.6. The molecule has 1 fully saturated rings. The minimum atomic E-state index is -4.69. The zero-order valence-corrected chi connectivity index (χ0v) is 21.2. The number of morpholine rings is 1. The molecule has 4 amide bonds. The number of urea groups is 2. The monoisotopic (exact) mass is 542 g/mol. The standard InChI is InChI=1S/C27H25F3N4O5/c1-3-39-24(35)22-17(2)33(21-6-4-5-20(15-21)27(28,29)30)26(37)34(25(36)32-11-13-38-14-12-32)23(22)19-9-7-18(16-31)8-10-19/h4-10,15,23H,3,11-14H2,1-2H3. The van der Waals surface area contributed by atoms with E-state index in [4.69, 9.17) is 9.47 Å². The van der Waals surface area contributed by atoms with Crippen LogP contribution in [-0.4, -0.2) is 60.7 Å². The van der Waals surface area contributed by atoms with Crippen molar-refractivity contribution >= 4 is 23.7 Å². The van der Waals surface area contributed by atoms with Gasteiger partial charge < -0.3 is 14.4 Å². The van der Waals surface area contributed by atoms with Crippen LogP contribution in [0.4, 0.5) is 28.4 Å². The van der Waals surface area contributed by atoms with Gasteiger partial charge in [0.1, 0.15) is 6.04 Å². The van der Waals surface area contributed by atoms with Crippen molar-refractivity contribution in [2.75, 3.05) is 37.8 Å². The number of hydrogen-bond acceptors (Lipinski definition) is 6. The molecule has 0 saturated carbocycles. The fourth-order valence-electron chi connectivity index (χ4n) is 4.56. The van der Waals surface area contributed by atoms with E-state index in [1.165, 1.54) is 42.2 Å². The molecule has 2 heterocycles. The molecule has 1 saturated heterocycles. The number of rotatable bonds is 4. The van der Waals surface area contributed by atoms with Gasteiger partial charge in [0.25, 0.3) is 0 Å². The zero-order valence-electron chi connectivity index (χ0n) is 21.2. The lowest BCUT2D eigenvalue weighted by atomic mass is 9.92. The number of amides is 4. The number of hydrogen-bond donors (Lipinski definition) is 0. The number of carbonyl (C=O) groups excluding carboxylic acids is 3. The maximum Gasteiger partial charge on any atom is 0.416 e. The van der Waals surface area contributed by atoms with E-state index in [-0.39, 0.29) is 49.9 Å². The van der Waals surface area contributed by atoms with Gasteiger partial charge in [-0.05, 0) is 49.7 Å². The lowest BCUT2D eigenvalue weighted by molar-refractivity contribution is -0.139. The molecule has 0 aliphatic carbocycles. The van der Waals surface area contributed by atoms with E-state index >= 15 is 0 Å². The van der Waals surface area contributed by atoms with Crippen molar-refractivity contribution in [1.82, 2.24) is 9.80 Å². The van der Waals surface area contributed by atoms with Gasteiger partial charge in [-0.15, -0.1) is 0 Å². The van der Waals surface area contributed by atoms with E-state index in [2.05, 4.69) is 0 Å². The highest BCUT2D eigenvalue weighted by Crippen LogP contribution is 2.42. The first-order valence-corrected chi connectivity index (χ1v) is 12.1. The Balaban J connectivity index is 1.95. The number of imide groups is 1. The summed E-state index contributed by atoms with van der Waals surface area (Å²) in [7, 11) is 0. The highest BCUT2D eigenvalue weighted by atomic mass is 19.4. The SMILES string of the molecule is CCOC(=O)C1=C(C)N(c2cccc(C(F)(F)F)c2)C(=O)N(C(=O)N2CCOCC2)C1c1ccc(C#N)cc1. The van der Waals surface area contributed by atoms with Crippen LogP contribution in [0.25, 0.3) is 0 Å². The van der Waals surface area contributed by atoms with Crippen molar-refractivity contribution in [1.29, 1.82) is 5.26 Å². The van der Waals surface area contributed by atoms with Crippen LogP contribution in [0.15, 0.2) is 59.8 Å². The van der Waals surface area contributed by atoms with Gasteiger partial charge in [-0.1, -0.05) is 18.2 Å². The number of alkyl halides is 3. The second kappa shape index (κ2) is 11.2. The van der Waals surface area contributed by atoms with Crippen LogP contribution < -0.4 is 4.90 Å². The number of nitrogens with zero attached hydrogens (tertiary/aromatic N) is 4. The van der Waals surface area contributed by atoms with Gasteiger partial charge in [-0.25, -0.2) is 19.3 Å². The lowest BCUT2D eigenvalue weighted by Crippen LogP contribution is -2.58. The number of esters is 1. The molecule has 2 aliphatic rings. The molecule has 2 aliphatic heterocycles. The average Bonchev–Trinajstić information content (AvgIpc) is 2.93. The number of anilines is 1. The number of ether oxygens (including phenoxy) is 2. The van der Waals surface area contributed by atoms with Crippen LogP contribution >= 0.6 is 0 Å². The molecule has 204 valence electrons. The van der Waals surface area contributed by atoms with Gasteiger partial charge >= 0.3 is 24.2 Å². The fourth-order valence-corrected chi connectivity index (χ4v) is 4.56. The van der Waals surface area contributed by atoms with Crippen molar-refractivity contribution in [3.8, 4) is 6.07 Å². The Morgan fingerprint density at radius 1 is 1.13 bits per heavy atom. The minimum Gasteiger partial charge on any atom is -0.463 e. The Bertz CT molecular complexity index is 1340. The number of nitriles is 1. The summed E-state index contributed by atoms with van der Waals surface area (Å²) in [6.07, 6.45) is -4.69. The van der Waals surface area contributed by atoms with Crippen molar-refractivity contribution in [2.45, 2.75) is 26.1 Å². The predicted octanol–water partition coefficient (Wildman–Crippen LogP) is 4.85. The third kappa shape index (κ3) is 5.44. The van der Waals surface area contributed by atoms with Crippen LogP contribution in [0.3, 0.4) is 0 Å². The van der Waals surface area contributed by atoms with Crippen LogP contribution in [0.1, 0.15) is 36.6 Å². The highest BCUT2D eigenvalue weighted by molar-refractivity contribution is 6.09. The summed E-state index contributed by atoms with van der Waals surface area (Å²) in [4.78, 5) is 44.4. The van der Waals surface area contributed by atoms with Crippen LogP contribution in [-0.2, 0) is 20.4 Å². The summed E-state index contributed by atoms with van der Waals surface area (Å²) in [6.45, 7) is 3.77. The Morgan fingerprint density at radius 3 is 2.38 bits per heavy atom. The van der Waals surface area contributed by atoms with E-state index in [0.717, 1.165) is 28.0 Å². The third-order valence-electron chi connectivity index (χ3n) is 6.42. The Labute approximate surface area is 222 Å². The first-order valence-electron chi connectivity index (χ1n) is 12.1. The summed E-state index contributed by atoms with van der Waals surface area (Å²) < 4.78 is 51.2. The fraction of sp³-hybridized carbons (Fsp3) is 0.333. The van der Waals surface area contributed by atoms with Crippen LogP contribution in [0.2, 0.25) is 0 Å². The minimum absolute atomic E-state index is 0.0122. The molecular weight excluding hydrogens is 517 g/mol. The maximum absolute atomic E-state index is 14.1. The Morgan fingerprint density at radius 2 is 1.79 bits per heavy atom. The number of halogens is 3. The average molecular weight is 543 g/mol. The predicted molar refractivity (Wildman–Crippen MR) is 132 cm³/mol. The molecule has 12 heteroatoms. The largest absolute Gasteiger partial charge is 0.463 e. The molecule has 1 atom stereocenters. The van der Waals surface area contributed by atoms with Gasteiger partial charge in [-0.2, -0.15) is 18.4 Å². The van der Waals surface area contributed by atoms with E-state index in [1.807, 2.05) is 6.07 Å². The van der Waals surface area contributed by atoms with E-state index < -0.39 is 35.8 Å². The van der Waals surface area contributed by atoms with Gasteiger partial charge in [0.05, 0.1) is 48.3 Å². The second-order valence-electron chi connectivity index (χ2n) is 8.77. The molecule has 0 spiro atoms. The second-order valence-corrected chi connectivity index (χ2v) is 8.77. The summed E-state index contributed by atoms with van der Waals surface area (Å²) in [5.41, 5.74) is -0.602. The van der Waals surface area contributed by atoms with E-state index in [0.29, 0.717) is 11.1 Å².